The summed E-state index contributed by atoms with van der Waals surface area (Å²) in [6, 6.07) is -12.5. The van der Waals surface area contributed by atoms with Crippen molar-refractivity contribution in [2.75, 3.05) is 55.9 Å². The van der Waals surface area contributed by atoms with Crippen LogP contribution in [0.5, 0.6) is 0 Å². The fraction of sp³-hybridized carbons (Fsp3) is 0.821. The van der Waals surface area contributed by atoms with Crippen molar-refractivity contribution in [3.8, 4) is 0 Å². The van der Waals surface area contributed by atoms with Crippen LogP contribution in [0.2, 0.25) is 0 Å². The number of aliphatic carboxylic acids is 1. The number of nitrogens with zero attached hydrogens (tertiary/aromatic N) is 7. The highest BCUT2D eigenvalue weighted by Gasteiger charge is 2.46. The minimum Gasteiger partial charge on any atom is -0.481 e. The maximum absolute atomic E-state index is 15.3. The Kier molecular flexibility index (Phi) is 35.8. The van der Waals surface area contributed by atoms with Crippen LogP contribution < -0.4 is 21.3 Å². The molecule has 0 radical (unpaired) electrons. The average Bonchev–Trinajstić information content (AvgIpc) is 0.820. The summed E-state index contributed by atoms with van der Waals surface area (Å²) in [7, 11) is 9.89. The van der Waals surface area contributed by atoms with E-state index >= 15 is 19.2 Å². The molecule has 1 aliphatic heterocycles. The first-order chi connectivity index (χ1) is 42.6. The van der Waals surface area contributed by atoms with Crippen LogP contribution in [-0.2, 0) is 57.5 Å². The van der Waals surface area contributed by atoms with Gasteiger partial charge in [0.1, 0.15) is 60.4 Å². The van der Waals surface area contributed by atoms with E-state index in [4.69, 9.17) is 5.11 Å². The molecular formula is C67H121N11O14. The van der Waals surface area contributed by atoms with Gasteiger partial charge in [-0.15, -0.1) is 0 Å². The van der Waals surface area contributed by atoms with Gasteiger partial charge in [0.25, 0.3) is 0 Å². The van der Waals surface area contributed by atoms with Crippen LogP contribution in [0.4, 0.5) is 0 Å². The lowest BCUT2D eigenvalue weighted by Gasteiger charge is -2.41. The number of aliphatic hydroxyl groups excluding tert-OH is 1. The third-order valence-electron chi connectivity index (χ3n) is 17.6. The zero-order chi connectivity index (χ0) is 71.1. The fourth-order valence-corrected chi connectivity index (χ4v) is 11.8. The highest BCUT2D eigenvalue weighted by Crippen LogP contribution is 2.26. The van der Waals surface area contributed by atoms with Gasteiger partial charge < -0.3 is 65.8 Å². The molecule has 1 rings (SSSR count). The summed E-state index contributed by atoms with van der Waals surface area (Å²) in [6.07, 6.45) is 3.85. The van der Waals surface area contributed by atoms with E-state index in [-0.39, 0.29) is 62.2 Å². The van der Waals surface area contributed by atoms with Gasteiger partial charge >= 0.3 is 5.97 Å². The van der Waals surface area contributed by atoms with E-state index in [0.717, 1.165) is 35.5 Å². The van der Waals surface area contributed by atoms with E-state index < -0.39 is 162 Å². The van der Waals surface area contributed by atoms with Gasteiger partial charge in [-0.1, -0.05) is 129 Å². The number of carboxylic acid groups (broad SMARTS) is 1. The normalized spacial score (nSPS) is 25.6. The van der Waals surface area contributed by atoms with E-state index in [1.54, 1.807) is 41.5 Å². The molecule has 0 bridgehead atoms. The number of hydrogen-bond acceptors (Lipinski definition) is 13. The molecule has 1 aliphatic rings. The minimum absolute atomic E-state index is 0.00292. The van der Waals surface area contributed by atoms with E-state index in [9.17, 15) is 43.5 Å². The lowest BCUT2D eigenvalue weighted by Crippen LogP contribution is -2.63. The third-order valence-corrected chi connectivity index (χ3v) is 17.6. The largest absolute Gasteiger partial charge is 0.481 e. The van der Waals surface area contributed by atoms with Crippen molar-refractivity contribution in [2.24, 2.45) is 41.4 Å². The molecule has 0 saturated carbocycles. The zero-order valence-electron chi connectivity index (χ0n) is 60.2. The van der Waals surface area contributed by atoms with Crippen molar-refractivity contribution in [3.05, 3.63) is 0 Å². The first-order valence-electron chi connectivity index (χ1n) is 33.5. The number of carbonyl (C=O) groups is 12. The molecule has 0 aromatic heterocycles. The number of unbranched alkanes of at least 4 members (excludes halogenated alkanes) is 5. The number of nitrogens with one attached hydrogen (secondary N) is 4. The third kappa shape index (κ3) is 25.1. The molecule has 528 valence electrons. The number of carboxylic acids is 1. The Morgan fingerprint density at radius 1 is 0.446 bits per heavy atom. The van der Waals surface area contributed by atoms with Gasteiger partial charge in [-0.05, 0) is 100 Å². The lowest BCUT2D eigenvalue weighted by atomic mass is 9.90. The lowest BCUT2D eigenvalue weighted by molar-refractivity contribution is -0.157. The van der Waals surface area contributed by atoms with Crippen molar-refractivity contribution >= 4 is 70.9 Å². The molecule has 25 nitrogen and oxygen atoms in total. The monoisotopic (exact) mass is 1300 g/mol. The second-order valence-electron chi connectivity index (χ2n) is 28.3. The summed E-state index contributed by atoms with van der Waals surface area (Å²) in [5.74, 6) is -10.8. The van der Waals surface area contributed by atoms with E-state index in [2.05, 4.69) is 21.3 Å². The molecule has 0 aliphatic carbocycles. The number of carbonyl (C=O) groups excluding carboxylic acids is 11. The van der Waals surface area contributed by atoms with Crippen molar-refractivity contribution < 1.29 is 67.7 Å². The topological polar surface area (TPSA) is 316 Å². The smallest absolute Gasteiger partial charge is 0.303 e. The maximum atomic E-state index is 15.3. The Morgan fingerprint density at radius 3 is 1.33 bits per heavy atom. The Labute approximate surface area is 550 Å². The van der Waals surface area contributed by atoms with Gasteiger partial charge in [-0.25, -0.2) is 0 Å². The number of amides is 11. The van der Waals surface area contributed by atoms with Gasteiger partial charge in [0.15, 0.2) is 0 Å². The summed E-state index contributed by atoms with van der Waals surface area (Å²) >= 11 is 0. The second kappa shape index (κ2) is 39.3. The molecule has 12 atom stereocenters. The van der Waals surface area contributed by atoms with Crippen LogP contribution >= 0.6 is 0 Å². The van der Waals surface area contributed by atoms with Crippen LogP contribution in [0.3, 0.4) is 0 Å². The van der Waals surface area contributed by atoms with E-state index in [1.807, 2.05) is 55.4 Å². The second-order valence-corrected chi connectivity index (χ2v) is 28.3. The van der Waals surface area contributed by atoms with Crippen LogP contribution in [0.15, 0.2) is 0 Å². The molecule has 1 heterocycles. The Balaban J connectivity index is 4.29. The van der Waals surface area contributed by atoms with Crippen molar-refractivity contribution in [1.82, 2.24) is 55.6 Å². The number of hydrogen-bond donors (Lipinski definition) is 6. The van der Waals surface area contributed by atoms with Gasteiger partial charge in [-0.2, -0.15) is 0 Å². The highest BCUT2D eigenvalue weighted by molar-refractivity contribution is 5.99. The molecule has 92 heavy (non-hydrogen) atoms. The molecule has 0 aromatic rings. The quantitative estimate of drug-likeness (QED) is 0.0813. The number of likely N-dealkylation sites (N-methyl/N-ethyl adjacent to an activating group) is 7. The predicted molar refractivity (Wildman–Crippen MR) is 354 cm³/mol. The van der Waals surface area contributed by atoms with Gasteiger partial charge in [-0.3, -0.25) is 57.5 Å². The standard InChI is InChI=1S/C67H121N11O14/c1-24-47-63(88)72(17)37-52(79)73(18)48(33-38(2)3)60(85)71-54(42(10)11)66(91)74(19)49(34-39(4)5)59(84)68-45(15)58(83)69-46(16)62(87)75(20)50(35-40(6)7)64(89)76(21)51(36-41(8)9)65(90)77(22)55(43(12)13)67(92)78(23)56(61(86)70-47)57(82)44(14)31-29-27-25-26-28-30-32-53(80)81/h38-51,54-57,82H,24-37H2,1-23H3,(H,68,84)(H,69,83)(H,70,86)(H,71,85)(H,80,81)/t44?,45-,46+,47-,48-,49-,50-,51-,54-,55-,56?,57?/m0/s1. The molecule has 11 amide bonds. The van der Waals surface area contributed by atoms with Gasteiger partial charge in [0.05, 0.1) is 12.6 Å². The van der Waals surface area contributed by atoms with Crippen LogP contribution in [0, 0.1) is 41.4 Å². The summed E-state index contributed by atoms with van der Waals surface area (Å²) in [5.41, 5.74) is 0. The van der Waals surface area contributed by atoms with Crippen molar-refractivity contribution in [2.45, 2.75) is 261 Å². The predicted octanol–water partition coefficient (Wildman–Crippen LogP) is 4.51. The molecule has 3 unspecified atom stereocenters. The van der Waals surface area contributed by atoms with Crippen LogP contribution in [0.1, 0.15) is 194 Å². The highest BCUT2D eigenvalue weighted by atomic mass is 16.4. The van der Waals surface area contributed by atoms with E-state index in [1.165, 1.54) is 87.7 Å². The molecule has 0 aromatic carbocycles. The number of rotatable bonds is 22. The molecule has 25 heteroatoms. The molecule has 1 saturated heterocycles. The first-order valence-corrected chi connectivity index (χ1v) is 33.5. The van der Waals surface area contributed by atoms with Crippen molar-refractivity contribution in [3.63, 3.8) is 0 Å². The van der Waals surface area contributed by atoms with Crippen LogP contribution in [0.25, 0.3) is 0 Å². The number of aliphatic hydroxyl groups is 1. The van der Waals surface area contributed by atoms with E-state index in [0.29, 0.717) is 19.3 Å². The SMILES string of the molecule is CC[C@@H]1NC(=O)C(C(O)C(C)CCCCCCCCC(=O)O)N(C)C(=O)[C@H](C(C)C)N(C)C(=O)[C@H](CC(C)C)N(C)C(=O)[C@H](CC(C)C)N(C)C(=O)[C@@H](C)NC(=O)[C@H](C)NC(=O)[C@H](CC(C)C)N(C)C(=O)[C@H](C(C)C)NC(=O)[C@H](CC(C)C)N(C)C(=O)CN(C)C1=O. The first kappa shape index (κ1) is 83.6. The maximum Gasteiger partial charge on any atom is 0.303 e. The summed E-state index contributed by atoms with van der Waals surface area (Å²) in [5, 5.41) is 32.4. The van der Waals surface area contributed by atoms with Crippen LogP contribution in [-0.4, -0.2) is 238 Å². The fourth-order valence-electron chi connectivity index (χ4n) is 11.8. The van der Waals surface area contributed by atoms with Gasteiger partial charge in [0.2, 0.25) is 65.0 Å². The molecule has 6 N–H and O–H groups in total. The summed E-state index contributed by atoms with van der Waals surface area (Å²) < 4.78 is 0. The molecule has 1 fully saturated rings. The van der Waals surface area contributed by atoms with Gasteiger partial charge in [0, 0.05) is 55.8 Å². The Morgan fingerprint density at radius 2 is 0.859 bits per heavy atom. The molecular weight excluding hydrogens is 1180 g/mol. The molecule has 0 spiro atoms. The zero-order valence-corrected chi connectivity index (χ0v) is 60.2. The Bertz CT molecular complexity index is 2470. The summed E-state index contributed by atoms with van der Waals surface area (Å²) in [6.45, 7) is 27.5. The van der Waals surface area contributed by atoms with Crippen molar-refractivity contribution in [1.29, 1.82) is 0 Å². The Hall–Kier alpha value is -6.40. The minimum atomic E-state index is -1.64. The average molecular weight is 1300 g/mol. The summed E-state index contributed by atoms with van der Waals surface area (Å²) in [4.78, 5) is 181.